The number of piperidine rings is 1. The highest BCUT2D eigenvalue weighted by molar-refractivity contribution is 7.89. The van der Waals surface area contributed by atoms with Crippen LogP contribution in [0.3, 0.4) is 0 Å². The molecule has 2 heterocycles. The number of amides is 1. The molecule has 31 heavy (non-hydrogen) atoms. The van der Waals surface area contributed by atoms with Crippen molar-refractivity contribution < 1.29 is 17.7 Å². The molecule has 3 rings (SSSR count). The number of nitrogens with one attached hydrogen (secondary N) is 1. The number of carbonyl (C=O) groups excluding carboxylic acids is 1. The quantitative estimate of drug-likeness (QED) is 0.703. The molecule has 1 aromatic heterocycles. The van der Waals surface area contributed by atoms with E-state index < -0.39 is 15.9 Å². The second kappa shape index (κ2) is 9.65. The number of aryl methyl sites for hydroxylation is 1. The number of sulfonamides is 1. The zero-order valence-electron chi connectivity index (χ0n) is 18.4. The minimum Gasteiger partial charge on any atom is -0.383 e. The van der Waals surface area contributed by atoms with E-state index in [2.05, 4.69) is 10.5 Å². The van der Waals surface area contributed by atoms with Crippen LogP contribution in [-0.2, 0) is 14.8 Å². The lowest BCUT2D eigenvalue weighted by atomic mass is 9.98. The molecule has 2 aromatic rings. The molecule has 1 N–H and O–H groups in total. The summed E-state index contributed by atoms with van der Waals surface area (Å²) in [7, 11) is -0.185. The highest BCUT2D eigenvalue weighted by Gasteiger charge is 2.37. The average Bonchev–Trinajstić information content (AvgIpc) is 3.14. The van der Waals surface area contributed by atoms with Gasteiger partial charge in [-0.25, -0.2) is 8.42 Å². The van der Waals surface area contributed by atoms with Crippen molar-refractivity contribution in [1.29, 1.82) is 0 Å². The minimum atomic E-state index is -3.85. The van der Waals surface area contributed by atoms with Gasteiger partial charge in [0.1, 0.15) is 5.69 Å². The van der Waals surface area contributed by atoms with E-state index in [1.807, 2.05) is 51.4 Å². The van der Waals surface area contributed by atoms with Crippen molar-refractivity contribution in [2.45, 2.75) is 37.6 Å². The van der Waals surface area contributed by atoms with E-state index in [4.69, 9.17) is 4.52 Å². The summed E-state index contributed by atoms with van der Waals surface area (Å²) in [4.78, 5) is 14.7. The highest BCUT2D eigenvalue weighted by Crippen LogP contribution is 2.29. The third-order valence-corrected chi connectivity index (χ3v) is 7.39. The molecule has 1 saturated heterocycles. The van der Waals surface area contributed by atoms with Gasteiger partial charge in [0.15, 0.2) is 10.7 Å². The molecule has 0 radical (unpaired) electrons. The van der Waals surface area contributed by atoms with Gasteiger partial charge in [0.2, 0.25) is 15.9 Å². The first-order valence-electron chi connectivity index (χ1n) is 10.4. The van der Waals surface area contributed by atoms with E-state index in [-0.39, 0.29) is 29.1 Å². The van der Waals surface area contributed by atoms with Gasteiger partial charge in [-0.3, -0.25) is 4.79 Å². The molecule has 168 valence electrons. The zero-order chi connectivity index (χ0) is 22.6. The van der Waals surface area contributed by atoms with Crippen molar-refractivity contribution in [3.8, 4) is 0 Å². The number of hydrogen-bond acceptors (Lipinski definition) is 6. The Morgan fingerprint density at radius 3 is 2.71 bits per heavy atom. The van der Waals surface area contributed by atoms with Crippen LogP contribution in [0.15, 0.2) is 46.0 Å². The lowest BCUT2D eigenvalue weighted by Crippen LogP contribution is -2.46. The molecule has 0 bridgehead atoms. The Morgan fingerprint density at radius 1 is 1.32 bits per heavy atom. The van der Waals surface area contributed by atoms with Crippen LogP contribution in [0.5, 0.6) is 0 Å². The molecule has 1 aliphatic heterocycles. The Bertz CT molecular complexity index is 1030. The van der Waals surface area contributed by atoms with Gasteiger partial charge in [-0.05, 0) is 32.3 Å². The van der Waals surface area contributed by atoms with Gasteiger partial charge in [0.05, 0.1) is 12.0 Å². The van der Waals surface area contributed by atoms with Crippen LogP contribution in [0.25, 0.3) is 6.08 Å². The molecule has 1 amide bonds. The number of aromatic nitrogens is 1. The van der Waals surface area contributed by atoms with Gasteiger partial charge >= 0.3 is 0 Å². The fourth-order valence-electron chi connectivity index (χ4n) is 3.68. The summed E-state index contributed by atoms with van der Waals surface area (Å²) in [5.74, 6) is -0.350. The van der Waals surface area contributed by atoms with E-state index in [9.17, 15) is 13.2 Å². The van der Waals surface area contributed by atoms with Crippen LogP contribution in [0.4, 0.5) is 0 Å². The molecule has 9 heteroatoms. The van der Waals surface area contributed by atoms with Gasteiger partial charge in [-0.15, -0.1) is 0 Å². The van der Waals surface area contributed by atoms with E-state index in [1.54, 1.807) is 24.1 Å². The van der Waals surface area contributed by atoms with Crippen molar-refractivity contribution in [2.24, 2.45) is 5.92 Å². The number of nitrogens with zero attached hydrogens (tertiary/aromatic N) is 3. The monoisotopic (exact) mass is 446 g/mol. The van der Waals surface area contributed by atoms with Crippen LogP contribution in [0.1, 0.15) is 42.8 Å². The van der Waals surface area contributed by atoms with Gasteiger partial charge < -0.3 is 14.7 Å². The topological polar surface area (TPSA) is 95.8 Å². The molecule has 1 fully saturated rings. The Morgan fingerprint density at radius 2 is 2.03 bits per heavy atom. The normalized spacial score (nSPS) is 18.8. The summed E-state index contributed by atoms with van der Waals surface area (Å²) in [6.45, 7) is 4.03. The van der Waals surface area contributed by atoms with Crippen LogP contribution in [0.2, 0.25) is 0 Å². The summed E-state index contributed by atoms with van der Waals surface area (Å²) >= 11 is 0. The minimum absolute atomic E-state index is 0.0595. The van der Waals surface area contributed by atoms with Crippen molar-refractivity contribution in [3.05, 3.63) is 53.5 Å². The molecular formula is C22H30N4O4S. The molecule has 0 unspecified atom stereocenters. The second-order valence-corrected chi connectivity index (χ2v) is 9.96. The summed E-state index contributed by atoms with van der Waals surface area (Å²) in [5, 5.41) is 6.87. The number of carbonyl (C=O) groups is 1. The first-order chi connectivity index (χ1) is 14.7. The van der Waals surface area contributed by atoms with Crippen molar-refractivity contribution in [1.82, 2.24) is 19.7 Å². The van der Waals surface area contributed by atoms with Crippen molar-refractivity contribution >= 4 is 22.0 Å². The van der Waals surface area contributed by atoms with Crippen LogP contribution in [-0.4, -0.2) is 55.9 Å². The third kappa shape index (κ3) is 5.34. The summed E-state index contributed by atoms with van der Waals surface area (Å²) in [6.07, 6.45) is 4.55. The van der Waals surface area contributed by atoms with Gasteiger partial charge in [0.25, 0.3) is 0 Å². The predicted octanol–water partition coefficient (Wildman–Crippen LogP) is 2.79. The lowest BCUT2D eigenvalue weighted by molar-refractivity contribution is -0.126. The molecular weight excluding hydrogens is 416 g/mol. The average molecular weight is 447 g/mol. The number of benzene rings is 1. The largest absolute Gasteiger partial charge is 0.383 e. The first-order valence-corrected chi connectivity index (χ1v) is 11.8. The van der Waals surface area contributed by atoms with E-state index in [0.29, 0.717) is 25.1 Å². The lowest BCUT2D eigenvalue weighted by Gasteiger charge is -2.31. The number of hydrogen-bond donors (Lipinski definition) is 1. The van der Waals surface area contributed by atoms with Crippen molar-refractivity contribution in [3.63, 3.8) is 0 Å². The summed E-state index contributed by atoms with van der Waals surface area (Å²) < 4.78 is 33.4. The second-order valence-electron chi connectivity index (χ2n) is 8.08. The molecule has 8 nitrogen and oxygen atoms in total. The molecule has 0 spiro atoms. The van der Waals surface area contributed by atoms with Gasteiger partial charge in [-0.2, -0.15) is 4.31 Å². The molecule has 0 aliphatic carbocycles. The molecule has 1 aliphatic rings. The third-order valence-electron chi connectivity index (χ3n) is 5.37. The fourth-order valence-corrected chi connectivity index (χ4v) is 5.45. The van der Waals surface area contributed by atoms with Crippen LogP contribution < -0.4 is 5.32 Å². The molecule has 1 aromatic carbocycles. The maximum atomic E-state index is 13.4. The first kappa shape index (κ1) is 23.0. The SMILES string of the molecule is Cc1noc(/C=C/N(C)C)c1S(=O)(=O)N1CCC[C@H](C(=O)N[C@@H](C)c2ccccc2)C1. The standard InChI is InChI=1S/C22H30N4O4S/c1-16(18-9-6-5-7-10-18)23-22(27)19-11-8-13-26(15-19)31(28,29)21-17(2)24-30-20(21)12-14-25(3)4/h5-7,9-10,12,14,16,19H,8,11,13,15H2,1-4H3,(H,23,27)/b14-12+/t16-,19-/m0/s1. The summed E-state index contributed by atoms with van der Waals surface area (Å²) in [5.41, 5.74) is 1.32. The maximum absolute atomic E-state index is 13.4. The van der Waals surface area contributed by atoms with Crippen molar-refractivity contribution in [2.75, 3.05) is 27.2 Å². The fraction of sp³-hybridized carbons (Fsp3) is 0.455. The van der Waals surface area contributed by atoms with E-state index in [1.165, 1.54) is 4.31 Å². The van der Waals surface area contributed by atoms with E-state index >= 15 is 0 Å². The Balaban J connectivity index is 1.75. The highest BCUT2D eigenvalue weighted by atomic mass is 32.2. The van der Waals surface area contributed by atoms with Gasteiger partial charge in [-0.1, -0.05) is 35.5 Å². The van der Waals surface area contributed by atoms with Gasteiger partial charge in [0, 0.05) is 39.5 Å². The zero-order valence-corrected chi connectivity index (χ0v) is 19.2. The van der Waals surface area contributed by atoms with Crippen LogP contribution in [0, 0.1) is 12.8 Å². The predicted molar refractivity (Wildman–Crippen MR) is 118 cm³/mol. The van der Waals surface area contributed by atoms with Crippen LogP contribution >= 0.6 is 0 Å². The Labute approximate surface area is 183 Å². The number of rotatable bonds is 7. The van der Waals surface area contributed by atoms with E-state index in [0.717, 1.165) is 5.56 Å². The molecule has 2 atom stereocenters. The molecule has 0 saturated carbocycles. The summed E-state index contributed by atoms with van der Waals surface area (Å²) in [6, 6.07) is 9.55. The Kier molecular flexibility index (Phi) is 7.17. The Hall–Kier alpha value is -2.65. The maximum Gasteiger partial charge on any atom is 0.248 e. The smallest absolute Gasteiger partial charge is 0.248 e.